The Labute approximate surface area is 140 Å². The Morgan fingerprint density at radius 2 is 1.73 bits per heavy atom. The van der Waals surface area contributed by atoms with Gasteiger partial charge < -0.3 is 14.7 Å². The Bertz CT molecular complexity index is 525. The fourth-order valence-electron chi connectivity index (χ4n) is 2.51. The number of carbonyl (C=O) groups is 2. The molecule has 2 rings (SSSR count). The Morgan fingerprint density at radius 3 is 2.27 bits per heavy atom. The van der Waals surface area contributed by atoms with Crippen LogP contribution in [-0.4, -0.2) is 61.4 Å². The molecule has 0 atom stereocenters. The van der Waals surface area contributed by atoms with Crippen molar-refractivity contribution >= 4 is 33.4 Å². The van der Waals surface area contributed by atoms with Crippen LogP contribution in [0.2, 0.25) is 0 Å². The molecule has 5 nitrogen and oxygen atoms in total. The molecule has 120 valence electrons. The molecule has 22 heavy (non-hydrogen) atoms. The molecule has 2 amide bonds. The summed E-state index contributed by atoms with van der Waals surface area (Å²) < 4.78 is 0.966. The summed E-state index contributed by atoms with van der Waals surface area (Å²) in [7, 11) is 2.06. The summed E-state index contributed by atoms with van der Waals surface area (Å²) in [5.41, 5.74) is 0.821. The second-order valence-electron chi connectivity index (χ2n) is 5.58. The number of benzene rings is 1. The molecule has 6 heteroatoms. The molecule has 0 unspecified atom stereocenters. The van der Waals surface area contributed by atoms with Crippen molar-refractivity contribution in [2.45, 2.75) is 13.3 Å². The highest BCUT2D eigenvalue weighted by Gasteiger charge is 2.20. The van der Waals surface area contributed by atoms with Gasteiger partial charge in [-0.15, -0.1) is 0 Å². The largest absolute Gasteiger partial charge is 0.340 e. The van der Waals surface area contributed by atoms with Gasteiger partial charge in [0.2, 0.25) is 11.8 Å². The molecule has 0 saturated carbocycles. The summed E-state index contributed by atoms with van der Waals surface area (Å²) >= 11 is 3.38. The smallest absolute Gasteiger partial charge is 0.224 e. The molecular weight excluding hydrogens is 346 g/mol. The third kappa shape index (κ3) is 4.55. The van der Waals surface area contributed by atoms with Gasteiger partial charge in [0, 0.05) is 56.2 Å². The number of piperazine rings is 1. The molecule has 0 bridgehead atoms. The van der Waals surface area contributed by atoms with Crippen molar-refractivity contribution in [1.29, 1.82) is 0 Å². The van der Waals surface area contributed by atoms with E-state index in [0.29, 0.717) is 13.0 Å². The minimum absolute atomic E-state index is 0.0477. The Balaban J connectivity index is 1.93. The molecule has 1 aliphatic rings. The van der Waals surface area contributed by atoms with E-state index in [1.165, 1.54) is 6.92 Å². The first-order valence-electron chi connectivity index (χ1n) is 7.47. The van der Waals surface area contributed by atoms with Gasteiger partial charge in [0.25, 0.3) is 0 Å². The van der Waals surface area contributed by atoms with Crippen LogP contribution in [0.1, 0.15) is 13.3 Å². The third-order valence-electron chi connectivity index (χ3n) is 3.92. The van der Waals surface area contributed by atoms with Gasteiger partial charge in [-0.25, -0.2) is 0 Å². The zero-order valence-electron chi connectivity index (χ0n) is 13.1. The van der Waals surface area contributed by atoms with Gasteiger partial charge in [-0.3, -0.25) is 9.59 Å². The van der Waals surface area contributed by atoms with E-state index < -0.39 is 0 Å². The molecule has 1 heterocycles. The predicted molar refractivity (Wildman–Crippen MR) is 90.9 cm³/mol. The van der Waals surface area contributed by atoms with Gasteiger partial charge in [0.1, 0.15) is 0 Å². The van der Waals surface area contributed by atoms with Gasteiger partial charge >= 0.3 is 0 Å². The van der Waals surface area contributed by atoms with E-state index in [0.717, 1.165) is 36.3 Å². The first-order chi connectivity index (χ1) is 10.5. The molecule has 1 aromatic carbocycles. The van der Waals surface area contributed by atoms with Crippen LogP contribution in [0.5, 0.6) is 0 Å². The van der Waals surface area contributed by atoms with Gasteiger partial charge in [-0.2, -0.15) is 0 Å². The van der Waals surface area contributed by atoms with Crippen molar-refractivity contribution in [2.24, 2.45) is 0 Å². The van der Waals surface area contributed by atoms with Gasteiger partial charge in [-0.1, -0.05) is 15.9 Å². The Hall–Kier alpha value is -1.40. The molecular formula is C16H22BrN3O2. The lowest BCUT2D eigenvalue weighted by atomic mass is 10.2. The highest BCUT2D eigenvalue weighted by Crippen LogP contribution is 2.19. The maximum Gasteiger partial charge on any atom is 0.224 e. The Morgan fingerprint density at radius 1 is 1.14 bits per heavy atom. The highest BCUT2D eigenvalue weighted by molar-refractivity contribution is 9.10. The fourth-order valence-corrected chi connectivity index (χ4v) is 2.78. The average molecular weight is 368 g/mol. The predicted octanol–water partition coefficient (Wildman–Crippen LogP) is 1.97. The van der Waals surface area contributed by atoms with Crippen LogP contribution in [0.25, 0.3) is 0 Å². The van der Waals surface area contributed by atoms with E-state index in [1.54, 1.807) is 4.90 Å². The van der Waals surface area contributed by atoms with Gasteiger partial charge in [-0.05, 0) is 31.3 Å². The number of amides is 2. The van der Waals surface area contributed by atoms with Crippen LogP contribution in [0.15, 0.2) is 28.7 Å². The van der Waals surface area contributed by atoms with Crippen molar-refractivity contribution in [3.63, 3.8) is 0 Å². The SMILES string of the molecule is CC(=O)N(CCC(=O)N1CCN(C)CC1)c1ccc(Br)cc1. The maximum absolute atomic E-state index is 12.3. The van der Waals surface area contributed by atoms with Crippen LogP contribution >= 0.6 is 15.9 Å². The lowest BCUT2D eigenvalue weighted by Gasteiger charge is -2.33. The third-order valence-corrected chi connectivity index (χ3v) is 4.45. The zero-order valence-corrected chi connectivity index (χ0v) is 14.7. The van der Waals surface area contributed by atoms with Crippen molar-refractivity contribution in [3.8, 4) is 0 Å². The number of hydrogen-bond acceptors (Lipinski definition) is 3. The molecule has 1 saturated heterocycles. The molecule has 0 N–H and O–H groups in total. The first kappa shape index (κ1) is 17.0. The summed E-state index contributed by atoms with van der Waals surface area (Å²) in [5, 5.41) is 0. The summed E-state index contributed by atoms with van der Waals surface area (Å²) in [6.07, 6.45) is 0.360. The lowest BCUT2D eigenvalue weighted by molar-refractivity contribution is -0.132. The van der Waals surface area contributed by atoms with E-state index in [1.807, 2.05) is 29.2 Å². The molecule has 0 radical (unpaired) electrons. The van der Waals surface area contributed by atoms with Crippen LogP contribution < -0.4 is 4.90 Å². The lowest BCUT2D eigenvalue weighted by Crippen LogP contribution is -2.47. The molecule has 1 aromatic rings. The molecule has 1 aliphatic heterocycles. The van der Waals surface area contributed by atoms with E-state index in [2.05, 4.69) is 27.9 Å². The van der Waals surface area contributed by atoms with Crippen LogP contribution in [0, 0.1) is 0 Å². The summed E-state index contributed by atoms with van der Waals surface area (Å²) in [6.45, 7) is 5.32. The summed E-state index contributed by atoms with van der Waals surface area (Å²) in [4.78, 5) is 29.9. The summed E-state index contributed by atoms with van der Waals surface area (Å²) in [5.74, 6) is 0.0740. The quantitative estimate of drug-likeness (QED) is 0.816. The number of hydrogen-bond donors (Lipinski definition) is 0. The maximum atomic E-state index is 12.3. The molecule has 0 aliphatic carbocycles. The highest BCUT2D eigenvalue weighted by atomic mass is 79.9. The van der Waals surface area contributed by atoms with Crippen molar-refractivity contribution < 1.29 is 9.59 Å². The van der Waals surface area contributed by atoms with Crippen LogP contribution in [0.3, 0.4) is 0 Å². The minimum Gasteiger partial charge on any atom is -0.340 e. The molecule has 0 aromatic heterocycles. The van der Waals surface area contributed by atoms with Crippen LogP contribution in [-0.2, 0) is 9.59 Å². The number of anilines is 1. The van der Waals surface area contributed by atoms with E-state index >= 15 is 0 Å². The second-order valence-corrected chi connectivity index (χ2v) is 6.50. The van der Waals surface area contributed by atoms with Crippen molar-refractivity contribution in [3.05, 3.63) is 28.7 Å². The van der Waals surface area contributed by atoms with Crippen LogP contribution in [0.4, 0.5) is 5.69 Å². The number of halogens is 1. The Kier molecular flexibility index (Phi) is 5.97. The number of rotatable bonds is 4. The number of likely N-dealkylation sites (N-methyl/N-ethyl adjacent to an activating group) is 1. The summed E-state index contributed by atoms with van der Waals surface area (Å²) in [6, 6.07) is 7.55. The normalized spacial score (nSPS) is 15.7. The monoisotopic (exact) mass is 367 g/mol. The van der Waals surface area contributed by atoms with Crippen molar-refractivity contribution in [2.75, 3.05) is 44.7 Å². The van der Waals surface area contributed by atoms with Gasteiger partial charge in [0.05, 0.1) is 0 Å². The fraction of sp³-hybridized carbons (Fsp3) is 0.500. The number of nitrogens with zero attached hydrogens (tertiary/aromatic N) is 3. The first-order valence-corrected chi connectivity index (χ1v) is 8.26. The van der Waals surface area contributed by atoms with E-state index in [-0.39, 0.29) is 11.8 Å². The number of carbonyl (C=O) groups excluding carboxylic acids is 2. The second kappa shape index (κ2) is 7.74. The van der Waals surface area contributed by atoms with Crippen molar-refractivity contribution in [1.82, 2.24) is 9.80 Å². The van der Waals surface area contributed by atoms with E-state index in [4.69, 9.17) is 0 Å². The minimum atomic E-state index is -0.0477. The topological polar surface area (TPSA) is 43.9 Å². The zero-order chi connectivity index (χ0) is 16.1. The standard InChI is InChI=1S/C16H22BrN3O2/c1-13(21)20(15-5-3-14(17)4-6-15)8-7-16(22)19-11-9-18(2)10-12-19/h3-6H,7-12H2,1-2H3. The van der Waals surface area contributed by atoms with Gasteiger partial charge in [0.15, 0.2) is 0 Å². The van der Waals surface area contributed by atoms with E-state index in [9.17, 15) is 9.59 Å². The average Bonchev–Trinajstić information content (AvgIpc) is 2.49. The molecule has 0 spiro atoms. The molecule has 1 fully saturated rings.